The molecule has 25 heavy (non-hydrogen) atoms. The SMILES string of the molecule is CCCc1nc(NC(=O)c2sc(NC(=O)C3CC3)cc2C)sc1CC. The first-order valence-electron chi connectivity index (χ1n) is 8.73. The maximum absolute atomic E-state index is 12.6. The first-order valence-corrected chi connectivity index (χ1v) is 10.4. The Morgan fingerprint density at radius 3 is 2.64 bits per heavy atom. The standard InChI is InChI=1S/C18H23N3O2S2/c1-4-6-12-13(5-2)24-18(19-12)21-17(23)15-10(3)9-14(25-15)20-16(22)11-7-8-11/h9,11H,4-8H2,1-3H3,(H,20,22)(H,19,21,23). The van der Waals surface area contributed by atoms with Crippen LogP contribution in [0.25, 0.3) is 0 Å². The van der Waals surface area contributed by atoms with E-state index in [4.69, 9.17) is 0 Å². The Labute approximate surface area is 155 Å². The first kappa shape index (κ1) is 18.1. The lowest BCUT2D eigenvalue weighted by atomic mass is 10.2. The van der Waals surface area contributed by atoms with Crippen molar-refractivity contribution in [2.45, 2.75) is 52.9 Å². The molecule has 0 aliphatic heterocycles. The maximum Gasteiger partial charge on any atom is 0.267 e. The van der Waals surface area contributed by atoms with Gasteiger partial charge in [0.15, 0.2) is 5.13 Å². The predicted octanol–water partition coefficient (Wildman–Crippen LogP) is 4.63. The topological polar surface area (TPSA) is 71.1 Å². The minimum atomic E-state index is -0.158. The van der Waals surface area contributed by atoms with E-state index in [-0.39, 0.29) is 17.7 Å². The van der Waals surface area contributed by atoms with Crippen molar-refractivity contribution in [3.8, 4) is 0 Å². The fraction of sp³-hybridized carbons (Fsp3) is 0.500. The van der Waals surface area contributed by atoms with E-state index in [0.29, 0.717) is 10.0 Å². The number of hydrogen-bond donors (Lipinski definition) is 2. The molecule has 1 aliphatic carbocycles. The number of amides is 2. The van der Waals surface area contributed by atoms with Crippen LogP contribution in [0.4, 0.5) is 10.1 Å². The highest BCUT2D eigenvalue weighted by molar-refractivity contribution is 7.18. The molecule has 1 fully saturated rings. The van der Waals surface area contributed by atoms with E-state index in [2.05, 4.69) is 29.5 Å². The zero-order valence-electron chi connectivity index (χ0n) is 14.8. The summed E-state index contributed by atoms with van der Waals surface area (Å²) in [5.41, 5.74) is 1.96. The van der Waals surface area contributed by atoms with Gasteiger partial charge in [-0.25, -0.2) is 4.98 Å². The van der Waals surface area contributed by atoms with Crippen LogP contribution in [-0.2, 0) is 17.6 Å². The number of thiophene rings is 1. The van der Waals surface area contributed by atoms with E-state index in [1.54, 1.807) is 11.3 Å². The lowest BCUT2D eigenvalue weighted by molar-refractivity contribution is -0.117. The summed E-state index contributed by atoms with van der Waals surface area (Å²) in [5, 5.41) is 7.22. The molecule has 134 valence electrons. The van der Waals surface area contributed by atoms with E-state index in [9.17, 15) is 9.59 Å². The summed E-state index contributed by atoms with van der Waals surface area (Å²) in [4.78, 5) is 30.9. The van der Waals surface area contributed by atoms with Gasteiger partial charge in [0, 0.05) is 10.8 Å². The van der Waals surface area contributed by atoms with Crippen molar-refractivity contribution in [2.24, 2.45) is 5.92 Å². The molecular formula is C18H23N3O2S2. The largest absolute Gasteiger partial charge is 0.317 e. The Bertz CT molecular complexity index is 790. The Morgan fingerprint density at radius 2 is 2.00 bits per heavy atom. The highest BCUT2D eigenvalue weighted by Crippen LogP contribution is 2.33. The molecular weight excluding hydrogens is 354 g/mol. The molecule has 1 aliphatic rings. The normalized spacial score (nSPS) is 13.7. The summed E-state index contributed by atoms with van der Waals surface area (Å²) in [6.45, 7) is 6.13. The van der Waals surface area contributed by atoms with Gasteiger partial charge in [-0.15, -0.1) is 22.7 Å². The molecule has 0 bridgehead atoms. The Morgan fingerprint density at radius 1 is 1.24 bits per heavy atom. The number of carbonyl (C=O) groups excluding carboxylic acids is 2. The zero-order valence-corrected chi connectivity index (χ0v) is 16.4. The fourth-order valence-corrected chi connectivity index (χ4v) is 4.55. The lowest BCUT2D eigenvalue weighted by Gasteiger charge is -2.00. The molecule has 7 heteroatoms. The van der Waals surface area contributed by atoms with Gasteiger partial charge in [0.25, 0.3) is 5.91 Å². The second-order valence-corrected chi connectivity index (χ2v) is 8.47. The van der Waals surface area contributed by atoms with Crippen LogP contribution in [0, 0.1) is 12.8 Å². The molecule has 0 radical (unpaired) electrons. The molecule has 0 spiro atoms. The van der Waals surface area contributed by atoms with Crippen LogP contribution in [-0.4, -0.2) is 16.8 Å². The van der Waals surface area contributed by atoms with Crippen LogP contribution in [0.15, 0.2) is 6.07 Å². The summed E-state index contributed by atoms with van der Waals surface area (Å²) >= 11 is 2.87. The van der Waals surface area contributed by atoms with Gasteiger partial charge in [-0.3, -0.25) is 14.9 Å². The van der Waals surface area contributed by atoms with Crippen LogP contribution < -0.4 is 10.6 Å². The van der Waals surface area contributed by atoms with E-state index >= 15 is 0 Å². The minimum Gasteiger partial charge on any atom is -0.317 e. The Kier molecular flexibility index (Phi) is 5.54. The molecule has 0 atom stereocenters. The van der Waals surface area contributed by atoms with Gasteiger partial charge >= 0.3 is 0 Å². The molecule has 0 saturated heterocycles. The lowest BCUT2D eigenvalue weighted by Crippen LogP contribution is -2.12. The number of anilines is 2. The van der Waals surface area contributed by atoms with Crippen molar-refractivity contribution >= 4 is 44.6 Å². The third-order valence-corrected chi connectivity index (χ3v) is 6.43. The number of aryl methyl sites for hydroxylation is 3. The summed E-state index contributed by atoms with van der Waals surface area (Å²) < 4.78 is 0. The van der Waals surface area contributed by atoms with Gasteiger partial charge < -0.3 is 5.32 Å². The average molecular weight is 378 g/mol. The summed E-state index contributed by atoms with van der Waals surface area (Å²) in [6.07, 6.45) is 4.84. The van der Waals surface area contributed by atoms with Crippen LogP contribution in [0.5, 0.6) is 0 Å². The van der Waals surface area contributed by atoms with Crippen molar-refractivity contribution in [1.82, 2.24) is 4.98 Å². The van der Waals surface area contributed by atoms with Crippen molar-refractivity contribution in [2.75, 3.05) is 10.6 Å². The highest BCUT2D eigenvalue weighted by Gasteiger charge is 2.30. The molecule has 1 saturated carbocycles. The number of hydrogen-bond acceptors (Lipinski definition) is 5. The number of aromatic nitrogens is 1. The smallest absolute Gasteiger partial charge is 0.267 e. The Balaban J connectivity index is 1.70. The quantitative estimate of drug-likeness (QED) is 0.739. The third-order valence-electron chi connectivity index (χ3n) is 4.13. The molecule has 2 heterocycles. The second kappa shape index (κ2) is 7.66. The fourth-order valence-electron chi connectivity index (χ4n) is 2.64. The zero-order chi connectivity index (χ0) is 18.0. The number of thiazole rings is 1. The molecule has 2 amide bonds. The van der Waals surface area contributed by atoms with Crippen LogP contribution in [0.2, 0.25) is 0 Å². The van der Waals surface area contributed by atoms with Crippen molar-refractivity contribution in [3.63, 3.8) is 0 Å². The van der Waals surface area contributed by atoms with Crippen molar-refractivity contribution < 1.29 is 9.59 Å². The summed E-state index contributed by atoms with van der Waals surface area (Å²) in [6, 6.07) is 1.86. The predicted molar refractivity (Wildman–Crippen MR) is 104 cm³/mol. The van der Waals surface area contributed by atoms with E-state index in [1.165, 1.54) is 16.2 Å². The second-order valence-electron chi connectivity index (χ2n) is 6.33. The van der Waals surface area contributed by atoms with E-state index in [1.807, 2.05) is 13.0 Å². The molecule has 0 unspecified atom stereocenters. The minimum absolute atomic E-state index is 0.0601. The number of carbonyl (C=O) groups is 2. The molecule has 3 rings (SSSR count). The molecule has 5 nitrogen and oxygen atoms in total. The van der Waals surface area contributed by atoms with Gasteiger partial charge in [-0.2, -0.15) is 0 Å². The van der Waals surface area contributed by atoms with Crippen LogP contribution in [0.3, 0.4) is 0 Å². The van der Waals surface area contributed by atoms with Crippen LogP contribution in [0.1, 0.15) is 58.9 Å². The molecule has 0 aromatic carbocycles. The van der Waals surface area contributed by atoms with Gasteiger partial charge in [0.1, 0.15) is 0 Å². The maximum atomic E-state index is 12.6. The summed E-state index contributed by atoms with van der Waals surface area (Å²) in [5.74, 6) is 0.0539. The first-order chi connectivity index (χ1) is 12.0. The molecule has 2 N–H and O–H groups in total. The van der Waals surface area contributed by atoms with Gasteiger partial charge in [-0.05, 0) is 44.2 Å². The number of nitrogens with zero attached hydrogens (tertiary/aromatic N) is 1. The summed E-state index contributed by atoms with van der Waals surface area (Å²) in [7, 11) is 0. The van der Waals surface area contributed by atoms with Crippen molar-refractivity contribution in [1.29, 1.82) is 0 Å². The Hall–Kier alpha value is -1.73. The molecule has 2 aromatic rings. The highest BCUT2D eigenvalue weighted by atomic mass is 32.1. The third kappa shape index (κ3) is 4.27. The van der Waals surface area contributed by atoms with Gasteiger partial charge in [0.05, 0.1) is 15.6 Å². The molecule has 2 aromatic heterocycles. The number of nitrogens with one attached hydrogen (secondary N) is 2. The van der Waals surface area contributed by atoms with Gasteiger partial charge in [0.2, 0.25) is 5.91 Å². The van der Waals surface area contributed by atoms with Crippen LogP contribution >= 0.6 is 22.7 Å². The number of rotatable bonds is 7. The van der Waals surface area contributed by atoms with Crippen molar-refractivity contribution in [3.05, 3.63) is 27.1 Å². The average Bonchev–Trinajstić information content (AvgIpc) is 3.27. The van der Waals surface area contributed by atoms with E-state index in [0.717, 1.165) is 48.4 Å². The van der Waals surface area contributed by atoms with E-state index < -0.39 is 0 Å². The van der Waals surface area contributed by atoms with Gasteiger partial charge in [-0.1, -0.05) is 20.3 Å². The monoisotopic (exact) mass is 377 g/mol.